The summed E-state index contributed by atoms with van der Waals surface area (Å²) in [7, 11) is 0. The van der Waals surface area contributed by atoms with Gasteiger partial charge in [0.15, 0.2) is 0 Å². The van der Waals surface area contributed by atoms with E-state index in [0.717, 1.165) is 36.2 Å². The minimum Gasteiger partial charge on any atom is -0.381 e. The van der Waals surface area contributed by atoms with Crippen molar-refractivity contribution in [3.05, 3.63) is 28.7 Å². The molecule has 0 atom stereocenters. The number of benzene rings is 1. The van der Waals surface area contributed by atoms with Crippen LogP contribution in [0, 0.1) is 0 Å². The molecule has 98 valence electrons. The number of nitrogens with one attached hydrogen (secondary N) is 1. The number of rotatable bonds is 4. The lowest BCUT2D eigenvalue weighted by Crippen LogP contribution is -2.21. The zero-order chi connectivity index (χ0) is 12.8. The molecule has 0 saturated carbocycles. The van der Waals surface area contributed by atoms with Crippen molar-refractivity contribution in [3.63, 3.8) is 0 Å². The third-order valence-corrected chi connectivity index (χ3v) is 4.65. The first-order valence-electron chi connectivity index (χ1n) is 5.99. The minimum absolute atomic E-state index is 0.0637. The number of halogens is 1. The van der Waals surface area contributed by atoms with Crippen LogP contribution in [0.3, 0.4) is 0 Å². The Kier molecular flexibility index (Phi) is 5.53. The minimum atomic E-state index is 0.0637. The van der Waals surface area contributed by atoms with Crippen molar-refractivity contribution in [3.8, 4) is 0 Å². The van der Waals surface area contributed by atoms with Crippen LogP contribution in [0.1, 0.15) is 12.8 Å². The van der Waals surface area contributed by atoms with Gasteiger partial charge in [0, 0.05) is 28.6 Å². The van der Waals surface area contributed by atoms with Gasteiger partial charge in [0.1, 0.15) is 0 Å². The third kappa shape index (κ3) is 4.63. The summed E-state index contributed by atoms with van der Waals surface area (Å²) in [6, 6.07) is 7.62. The number of ether oxygens (including phenoxy) is 1. The highest BCUT2D eigenvalue weighted by Gasteiger charge is 2.15. The third-order valence-electron chi connectivity index (χ3n) is 2.75. The van der Waals surface area contributed by atoms with Gasteiger partial charge in [-0.25, -0.2) is 0 Å². The first-order valence-corrected chi connectivity index (χ1v) is 7.83. The number of carbonyl (C=O) groups is 1. The predicted octanol–water partition coefficient (Wildman–Crippen LogP) is 3.30. The van der Waals surface area contributed by atoms with Gasteiger partial charge in [-0.15, -0.1) is 11.8 Å². The molecular formula is C13H16BrNO2S. The first kappa shape index (κ1) is 13.9. The normalized spacial score (nSPS) is 16.5. The average Bonchev–Trinajstić information content (AvgIpc) is 2.40. The van der Waals surface area contributed by atoms with Crippen LogP contribution in [0.4, 0.5) is 5.69 Å². The van der Waals surface area contributed by atoms with E-state index in [0.29, 0.717) is 11.0 Å². The Balaban J connectivity index is 1.73. The van der Waals surface area contributed by atoms with E-state index in [-0.39, 0.29) is 5.91 Å². The molecule has 1 aliphatic heterocycles. The molecule has 1 fully saturated rings. The van der Waals surface area contributed by atoms with E-state index in [2.05, 4.69) is 21.2 Å². The maximum atomic E-state index is 11.8. The Labute approximate surface area is 120 Å². The van der Waals surface area contributed by atoms with Crippen molar-refractivity contribution in [1.29, 1.82) is 0 Å². The maximum absolute atomic E-state index is 11.8. The van der Waals surface area contributed by atoms with E-state index >= 15 is 0 Å². The van der Waals surface area contributed by atoms with Crippen LogP contribution in [0.25, 0.3) is 0 Å². The summed E-state index contributed by atoms with van der Waals surface area (Å²) in [6.45, 7) is 1.65. The highest BCUT2D eigenvalue weighted by Crippen LogP contribution is 2.22. The zero-order valence-electron chi connectivity index (χ0n) is 10.0. The number of thioether (sulfide) groups is 1. The Bertz CT molecular complexity index is 390. The molecule has 1 aliphatic rings. The monoisotopic (exact) mass is 329 g/mol. The summed E-state index contributed by atoms with van der Waals surface area (Å²) < 4.78 is 6.31. The van der Waals surface area contributed by atoms with Gasteiger partial charge in [-0.2, -0.15) is 0 Å². The van der Waals surface area contributed by atoms with E-state index in [1.807, 2.05) is 24.3 Å². The topological polar surface area (TPSA) is 38.3 Å². The summed E-state index contributed by atoms with van der Waals surface area (Å²) in [5, 5.41) is 3.46. The van der Waals surface area contributed by atoms with Gasteiger partial charge in [-0.3, -0.25) is 4.79 Å². The molecule has 1 amide bonds. The molecule has 2 rings (SSSR count). The van der Waals surface area contributed by atoms with Crippen molar-refractivity contribution in [2.75, 3.05) is 24.3 Å². The molecule has 18 heavy (non-hydrogen) atoms. The summed E-state index contributed by atoms with van der Waals surface area (Å²) in [5.41, 5.74) is 0.843. The second-order valence-corrected chi connectivity index (χ2v) is 6.38. The fraction of sp³-hybridized carbons (Fsp3) is 0.462. The Morgan fingerprint density at radius 1 is 1.33 bits per heavy atom. The number of carbonyl (C=O) groups excluding carboxylic acids is 1. The van der Waals surface area contributed by atoms with Gasteiger partial charge in [-0.05, 0) is 37.1 Å². The van der Waals surface area contributed by atoms with Crippen molar-refractivity contribution >= 4 is 39.3 Å². The molecule has 3 nitrogen and oxygen atoms in total. The quantitative estimate of drug-likeness (QED) is 0.921. The number of amides is 1. The van der Waals surface area contributed by atoms with Crippen LogP contribution in [-0.4, -0.2) is 30.1 Å². The van der Waals surface area contributed by atoms with Crippen molar-refractivity contribution < 1.29 is 9.53 Å². The van der Waals surface area contributed by atoms with E-state index < -0.39 is 0 Å². The molecule has 5 heteroatoms. The molecule has 1 saturated heterocycles. The van der Waals surface area contributed by atoms with E-state index in [1.54, 1.807) is 11.8 Å². The van der Waals surface area contributed by atoms with Crippen molar-refractivity contribution in [1.82, 2.24) is 0 Å². The number of hydrogen-bond donors (Lipinski definition) is 1. The Hall–Kier alpha value is -0.520. The standard InChI is InChI=1S/C13H16BrNO2S/c14-10-1-3-11(4-2-10)15-13(16)9-18-12-5-7-17-8-6-12/h1-4,12H,5-9H2,(H,15,16). The highest BCUT2D eigenvalue weighted by molar-refractivity contribution is 9.10. The van der Waals surface area contributed by atoms with Gasteiger partial charge < -0.3 is 10.1 Å². The van der Waals surface area contributed by atoms with Gasteiger partial charge in [0.05, 0.1) is 5.75 Å². The lowest BCUT2D eigenvalue weighted by Gasteiger charge is -2.21. The molecule has 0 radical (unpaired) electrons. The largest absolute Gasteiger partial charge is 0.381 e. The summed E-state index contributed by atoms with van der Waals surface area (Å²) in [4.78, 5) is 11.8. The van der Waals surface area contributed by atoms with Gasteiger partial charge >= 0.3 is 0 Å². The van der Waals surface area contributed by atoms with E-state index in [1.165, 1.54) is 0 Å². The molecule has 0 bridgehead atoms. The fourth-order valence-electron chi connectivity index (χ4n) is 1.77. The van der Waals surface area contributed by atoms with Gasteiger partial charge in [0.2, 0.25) is 5.91 Å². The van der Waals surface area contributed by atoms with Crippen LogP contribution in [0.2, 0.25) is 0 Å². The van der Waals surface area contributed by atoms with E-state index in [4.69, 9.17) is 4.74 Å². The lowest BCUT2D eigenvalue weighted by atomic mass is 10.2. The molecule has 0 aromatic heterocycles. The second-order valence-electron chi connectivity index (χ2n) is 4.18. The fourth-order valence-corrected chi connectivity index (χ4v) is 3.02. The van der Waals surface area contributed by atoms with Crippen LogP contribution < -0.4 is 5.32 Å². The molecule has 0 spiro atoms. The summed E-state index contributed by atoms with van der Waals surface area (Å²) >= 11 is 5.09. The molecule has 0 unspecified atom stereocenters. The first-order chi connectivity index (χ1) is 8.74. The molecule has 1 aromatic rings. The van der Waals surface area contributed by atoms with Crippen molar-refractivity contribution in [2.24, 2.45) is 0 Å². The lowest BCUT2D eigenvalue weighted by molar-refractivity contribution is -0.113. The van der Waals surface area contributed by atoms with Crippen molar-refractivity contribution in [2.45, 2.75) is 18.1 Å². The van der Waals surface area contributed by atoms with Gasteiger partial charge in [0.25, 0.3) is 0 Å². The second kappa shape index (κ2) is 7.16. The predicted molar refractivity (Wildman–Crippen MR) is 79.1 cm³/mol. The Morgan fingerprint density at radius 3 is 2.67 bits per heavy atom. The smallest absolute Gasteiger partial charge is 0.234 e. The molecule has 1 heterocycles. The van der Waals surface area contributed by atoms with Crippen LogP contribution in [0.15, 0.2) is 28.7 Å². The number of anilines is 1. The molecular weight excluding hydrogens is 314 g/mol. The summed E-state index contributed by atoms with van der Waals surface area (Å²) in [6.07, 6.45) is 2.10. The number of hydrogen-bond acceptors (Lipinski definition) is 3. The van der Waals surface area contributed by atoms with E-state index in [9.17, 15) is 4.79 Å². The van der Waals surface area contributed by atoms with Crippen LogP contribution in [-0.2, 0) is 9.53 Å². The maximum Gasteiger partial charge on any atom is 0.234 e. The van der Waals surface area contributed by atoms with Crippen LogP contribution in [0.5, 0.6) is 0 Å². The SMILES string of the molecule is O=C(CSC1CCOCC1)Nc1ccc(Br)cc1. The molecule has 1 aromatic carbocycles. The zero-order valence-corrected chi connectivity index (χ0v) is 12.4. The Morgan fingerprint density at radius 2 is 2.00 bits per heavy atom. The summed E-state index contributed by atoms with van der Waals surface area (Å²) in [5.74, 6) is 0.578. The average molecular weight is 330 g/mol. The molecule has 1 N–H and O–H groups in total. The molecule has 0 aliphatic carbocycles. The van der Waals surface area contributed by atoms with Crippen LogP contribution >= 0.6 is 27.7 Å². The highest BCUT2D eigenvalue weighted by atomic mass is 79.9. The van der Waals surface area contributed by atoms with Gasteiger partial charge in [-0.1, -0.05) is 15.9 Å².